The number of nitrogens with one attached hydrogen (secondary N) is 1. The molecule has 0 saturated heterocycles. The molecule has 31 heavy (non-hydrogen) atoms. The molecule has 0 aliphatic rings. The van der Waals surface area contributed by atoms with Gasteiger partial charge >= 0.3 is 0 Å². The Kier molecular flexibility index (Phi) is 6.81. The molecule has 6 nitrogen and oxygen atoms in total. The first kappa shape index (κ1) is 22.2. The molecule has 0 radical (unpaired) electrons. The summed E-state index contributed by atoms with van der Waals surface area (Å²) >= 11 is 1.26. The summed E-state index contributed by atoms with van der Waals surface area (Å²) in [5.74, 6) is -1.81. The fourth-order valence-electron chi connectivity index (χ4n) is 3.12. The number of carbonyl (C=O) groups is 3. The van der Waals surface area contributed by atoms with E-state index in [2.05, 4.69) is 5.32 Å². The molecule has 0 fully saturated rings. The van der Waals surface area contributed by atoms with E-state index < -0.39 is 11.8 Å². The highest BCUT2D eigenvalue weighted by atomic mass is 32.1. The van der Waals surface area contributed by atoms with Crippen molar-refractivity contribution in [2.75, 3.05) is 11.9 Å². The third kappa shape index (κ3) is 5.35. The minimum Gasteiger partial charge on any atom is -0.365 e. The molecule has 3 rings (SSSR count). The summed E-state index contributed by atoms with van der Waals surface area (Å²) in [6, 6.07) is 14.3. The van der Waals surface area contributed by atoms with E-state index in [4.69, 9.17) is 5.73 Å². The number of thiophene rings is 1. The smallest absolute Gasteiger partial charge is 0.254 e. The maximum Gasteiger partial charge on any atom is 0.254 e. The molecule has 1 aromatic heterocycles. The summed E-state index contributed by atoms with van der Waals surface area (Å²) in [6.45, 7) is 3.47. The van der Waals surface area contributed by atoms with Crippen LogP contribution in [0.4, 0.5) is 9.39 Å². The van der Waals surface area contributed by atoms with Gasteiger partial charge in [0.25, 0.3) is 11.8 Å². The second-order valence-corrected chi connectivity index (χ2v) is 8.28. The van der Waals surface area contributed by atoms with Gasteiger partial charge in [0.05, 0.1) is 5.56 Å². The van der Waals surface area contributed by atoms with Crippen molar-refractivity contribution in [1.82, 2.24) is 4.90 Å². The second-order valence-electron chi connectivity index (χ2n) is 7.05. The molecular weight excluding hydrogens is 417 g/mol. The number of amides is 3. The van der Waals surface area contributed by atoms with Crippen molar-refractivity contribution >= 4 is 34.1 Å². The van der Waals surface area contributed by atoms with Crippen molar-refractivity contribution in [3.05, 3.63) is 87.5 Å². The molecule has 0 spiro atoms. The average Bonchev–Trinajstić information content (AvgIpc) is 3.02. The predicted octanol–water partition coefficient (Wildman–Crippen LogP) is 3.88. The molecule has 3 amide bonds. The van der Waals surface area contributed by atoms with Crippen LogP contribution in [0.1, 0.15) is 36.7 Å². The summed E-state index contributed by atoms with van der Waals surface area (Å²) in [4.78, 5) is 39.9. The third-order valence-electron chi connectivity index (χ3n) is 4.81. The maximum atomic E-state index is 13.3. The molecule has 3 aromatic rings. The Bertz CT molecular complexity index is 1110. The number of anilines is 1. The first-order valence-corrected chi connectivity index (χ1v) is 10.4. The summed E-state index contributed by atoms with van der Waals surface area (Å²) < 4.78 is 13.3. The van der Waals surface area contributed by atoms with Crippen LogP contribution in [0.2, 0.25) is 0 Å². The van der Waals surface area contributed by atoms with Gasteiger partial charge in [-0.05, 0) is 49.2 Å². The molecule has 0 saturated carbocycles. The van der Waals surface area contributed by atoms with E-state index in [0.29, 0.717) is 16.1 Å². The number of nitrogens with two attached hydrogens (primary N) is 1. The van der Waals surface area contributed by atoms with Gasteiger partial charge in [-0.2, -0.15) is 0 Å². The lowest BCUT2D eigenvalue weighted by Crippen LogP contribution is -2.37. The van der Waals surface area contributed by atoms with Crippen LogP contribution >= 0.6 is 11.3 Å². The summed E-state index contributed by atoms with van der Waals surface area (Å²) in [6.07, 6.45) is 0. The van der Waals surface area contributed by atoms with Crippen LogP contribution < -0.4 is 11.1 Å². The standard InChI is InChI=1S/C23H22FN3O3S/c1-14-15(2)31-22(20(14)21(25)29)26-19(28)13-27(12-16-8-10-18(24)11-9-16)23(30)17-6-4-3-5-7-17/h3-11H,12-13H2,1-2H3,(H2,25,29)(H,26,28). The summed E-state index contributed by atoms with van der Waals surface area (Å²) in [7, 11) is 0. The van der Waals surface area contributed by atoms with E-state index in [-0.39, 0.29) is 30.4 Å². The average molecular weight is 440 g/mol. The van der Waals surface area contributed by atoms with E-state index in [1.54, 1.807) is 49.4 Å². The zero-order chi connectivity index (χ0) is 22.5. The molecule has 0 bridgehead atoms. The fourth-order valence-corrected chi connectivity index (χ4v) is 4.21. The molecule has 1 heterocycles. The van der Waals surface area contributed by atoms with Crippen molar-refractivity contribution in [3.8, 4) is 0 Å². The van der Waals surface area contributed by atoms with Gasteiger partial charge in [0.1, 0.15) is 17.4 Å². The number of benzene rings is 2. The molecule has 0 aliphatic carbocycles. The van der Waals surface area contributed by atoms with Crippen LogP contribution in [-0.2, 0) is 11.3 Å². The molecule has 2 aromatic carbocycles. The number of primary amides is 1. The van der Waals surface area contributed by atoms with Gasteiger partial charge in [-0.1, -0.05) is 30.3 Å². The Hall–Kier alpha value is -3.52. The largest absolute Gasteiger partial charge is 0.365 e. The summed E-state index contributed by atoms with van der Waals surface area (Å²) in [5.41, 5.74) is 7.57. The van der Waals surface area contributed by atoms with Gasteiger partial charge in [0.2, 0.25) is 5.91 Å². The molecule has 0 atom stereocenters. The number of carbonyl (C=O) groups excluding carboxylic acids is 3. The van der Waals surface area contributed by atoms with Gasteiger partial charge in [-0.15, -0.1) is 11.3 Å². The van der Waals surface area contributed by atoms with Crippen molar-refractivity contribution < 1.29 is 18.8 Å². The first-order chi connectivity index (χ1) is 14.8. The fraction of sp³-hybridized carbons (Fsp3) is 0.174. The molecule has 0 unspecified atom stereocenters. The number of hydrogen-bond acceptors (Lipinski definition) is 4. The zero-order valence-electron chi connectivity index (χ0n) is 17.1. The number of aryl methyl sites for hydroxylation is 1. The number of halogens is 1. The lowest BCUT2D eigenvalue weighted by atomic mass is 10.1. The third-order valence-corrected chi connectivity index (χ3v) is 5.94. The van der Waals surface area contributed by atoms with Crippen molar-refractivity contribution in [3.63, 3.8) is 0 Å². The Morgan fingerprint density at radius 1 is 1.03 bits per heavy atom. The van der Waals surface area contributed by atoms with Gasteiger partial charge in [0, 0.05) is 17.0 Å². The van der Waals surface area contributed by atoms with Crippen molar-refractivity contribution in [2.24, 2.45) is 5.73 Å². The summed E-state index contributed by atoms with van der Waals surface area (Å²) in [5, 5.41) is 3.07. The second kappa shape index (κ2) is 9.53. The highest BCUT2D eigenvalue weighted by Gasteiger charge is 2.23. The lowest BCUT2D eigenvalue weighted by molar-refractivity contribution is -0.117. The quantitative estimate of drug-likeness (QED) is 0.585. The predicted molar refractivity (Wildman–Crippen MR) is 119 cm³/mol. The highest BCUT2D eigenvalue weighted by Crippen LogP contribution is 2.32. The monoisotopic (exact) mass is 439 g/mol. The topological polar surface area (TPSA) is 92.5 Å². The van der Waals surface area contributed by atoms with E-state index in [1.165, 1.54) is 28.4 Å². The van der Waals surface area contributed by atoms with Crippen LogP contribution in [0.5, 0.6) is 0 Å². The van der Waals surface area contributed by atoms with Crippen LogP contribution in [0.15, 0.2) is 54.6 Å². The Balaban J connectivity index is 1.83. The molecule has 160 valence electrons. The zero-order valence-corrected chi connectivity index (χ0v) is 18.0. The Labute approximate surface area is 183 Å². The van der Waals surface area contributed by atoms with E-state index in [0.717, 1.165) is 10.4 Å². The van der Waals surface area contributed by atoms with Crippen LogP contribution in [-0.4, -0.2) is 29.2 Å². The van der Waals surface area contributed by atoms with Crippen LogP contribution in [0, 0.1) is 19.7 Å². The Morgan fingerprint density at radius 3 is 2.29 bits per heavy atom. The van der Waals surface area contributed by atoms with E-state index in [1.807, 2.05) is 6.92 Å². The number of nitrogens with zero attached hydrogens (tertiary/aromatic N) is 1. The lowest BCUT2D eigenvalue weighted by Gasteiger charge is -2.22. The van der Waals surface area contributed by atoms with Gasteiger partial charge in [-0.25, -0.2) is 4.39 Å². The van der Waals surface area contributed by atoms with Crippen molar-refractivity contribution in [2.45, 2.75) is 20.4 Å². The number of hydrogen-bond donors (Lipinski definition) is 2. The van der Waals surface area contributed by atoms with Gasteiger partial charge < -0.3 is 16.0 Å². The van der Waals surface area contributed by atoms with Crippen LogP contribution in [0.25, 0.3) is 0 Å². The minimum absolute atomic E-state index is 0.118. The number of rotatable bonds is 7. The molecule has 8 heteroatoms. The van der Waals surface area contributed by atoms with Gasteiger partial charge in [0.15, 0.2) is 0 Å². The van der Waals surface area contributed by atoms with Crippen LogP contribution in [0.3, 0.4) is 0 Å². The highest BCUT2D eigenvalue weighted by molar-refractivity contribution is 7.16. The van der Waals surface area contributed by atoms with E-state index >= 15 is 0 Å². The molecule has 3 N–H and O–H groups in total. The minimum atomic E-state index is -0.624. The molecule has 0 aliphatic heterocycles. The van der Waals surface area contributed by atoms with E-state index in [9.17, 15) is 18.8 Å². The normalized spacial score (nSPS) is 10.5. The first-order valence-electron chi connectivity index (χ1n) is 9.54. The maximum absolute atomic E-state index is 13.3. The Morgan fingerprint density at radius 2 is 1.68 bits per heavy atom. The SMILES string of the molecule is Cc1sc(NC(=O)CN(Cc2ccc(F)cc2)C(=O)c2ccccc2)c(C(N)=O)c1C. The van der Waals surface area contributed by atoms with Gasteiger partial charge in [-0.3, -0.25) is 14.4 Å². The van der Waals surface area contributed by atoms with Crippen molar-refractivity contribution in [1.29, 1.82) is 0 Å². The molecular formula is C23H22FN3O3S.